The lowest BCUT2D eigenvalue weighted by Crippen LogP contribution is -2.45. The van der Waals surface area contributed by atoms with Crippen LogP contribution in [0.4, 0.5) is 0 Å². The van der Waals surface area contributed by atoms with Crippen LogP contribution < -0.4 is 5.32 Å². The van der Waals surface area contributed by atoms with E-state index in [1.807, 2.05) is 13.2 Å². The molecule has 0 fully saturated rings. The van der Waals surface area contributed by atoms with Crippen LogP contribution in [0.1, 0.15) is 30.6 Å². The summed E-state index contributed by atoms with van der Waals surface area (Å²) in [5.41, 5.74) is 0.407. The highest BCUT2D eigenvalue weighted by Gasteiger charge is 2.26. The molecule has 0 spiro atoms. The molecule has 0 radical (unpaired) electrons. The van der Waals surface area contributed by atoms with Crippen molar-refractivity contribution in [3.63, 3.8) is 0 Å². The highest BCUT2D eigenvalue weighted by atomic mass is 32.2. The molecule has 1 amide bonds. The number of carboxylic acid groups (broad SMARTS) is 1. The van der Waals surface area contributed by atoms with Gasteiger partial charge in [-0.2, -0.15) is 0 Å². The van der Waals surface area contributed by atoms with E-state index in [-0.39, 0.29) is 5.92 Å². The third kappa shape index (κ3) is 3.96. The summed E-state index contributed by atoms with van der Waals surface area (Å²) in [6.07, 6.45) is 4.11. The van der Waals surface area contributed by atoms with Gasteiger partial charge < -0.3 is 10.4 Å². The second kappa shape index (κ2) is 7.13. The Morgan fingerprint density at radius 2 is 2.21 bits per heavy atom. The van der Waals surface area contributed by atoms with Crippen LogP contribution in [-0.2, 0) is 4.79 Å². The molecular weight excluding hydrogens is 264 g/mol. The fourth-order valence-corrected chi connectivity index (χ4v) is 2.18. The van der Waals surface area contributed by atoms with Gasteiger partial charge in [-0.05, 0) is 24.3 Å². The summed E-state index contributed by atoms with van der Waals surface area (Å²) in [7, 11) is 0. The number of hydrogen-bond donors (Lipinski definition) is 2. The minimum Gasteiger partial charge on any atom is -0.480 e. The summed E-state index contributed by atoms with van der Waals surface area (Å²) in [5.74, 6) is -1.54. The molecule has 0 aliphatic carbocycles. The van der Waals surface area contributed by atoms with Crippen LogP contribution >= 0.6 is 11.8 Å². The van der Waals surface area contributed by atoms with Crippen LogP contribution in [0, 0.1) is 5.92 Å². The molecule has 0 saturated heterocycles. The van der Waals surface area contributed by atoms with Gasteiger partial charge in [0.1, 0.15) is 11.1 Å². The SMILES string of the molecule is CC[C@H](C)[C@H](NC(=O)c1cccnc1SC)C(=O)O. The summed E-state index contributed by atoms with van der Waals surface area (Å²) >= 11 is 1.35. The molecule has 0 aliphatic rings. The number of aliphatic carboxylic acids is 1. The first-order valence-corrected chi connectivity index (χ1v) is 7.26. The summed E-state index contributed by atoms with van der Waals surface area (Å²) in [6.45, 7) is 3.70. The molecule has 1 aromatic rings. The van der Waals surface area contributed by atoms with E-state index < -0.39 is 17.9 Å². The number of carboxylic acids is 1. The maximum atomic E-state index is 12.1. The Morgan fingerprint density at radius 3 is 2.74 bits per heavy atom. The Hall–Kier alpha value is -1.56. The van der Waals surface area contributed by atoms with Gasteiger partial charge in [-0.25, -0.2) is 9.78 Å². The van der Waals surface area contributed by atoms with Gasteiger partial charge in [0.25, 0.3) is 5.91 Å². The Kier molecular flexibility index (Phi) is 5.82. The van der Waals surface area contributed by atoms with E-state index in [9.17, 15) is 9.59 Å². The van der Waals surface area contributed by atoms with Gasteiger partial charge in [0, 0.05) is 6.20 Å². The summed E-state index contributed by atoms with van der Waals surface area (Å²) < 4.78 is 0. The topological polar surface area (TPSA) is 79.3 Å². The first-order chi connectivity index (χ1) is 9.01. The van der Waals surface area contributed by atoms with Crippen molar-refractivity contribution in [1.29, 1.82) is 0 Å². The zero-order valence-electron chi connectivity index (χ0n) is 11.2. The fraction of sp³-hybridized carbons (Fsp3) is 0.462. The first kappa shape index (κ1) is 15.5. The number of amides is 1. The maximum absolute atomic E-state index is 12.1. The van der Waals surface area contributed by atoms with Gasteiger partial charge in [-0.3, -0.25) is 4.79 Å². The molecule has 19 heavy (non-hydrogen) atoms. The number of carbonyl (C=O) groups is 2. The van der Waals surface area contributed by atoms with Gasteiger partial charge >= 0.3 is 5.97 Å². The number of rotatable bonds is 6. The molecule has 0 aliphatic heterocycles. The number of nitrogens with zero attached hydrogens (tertiary/aromatic N) is 1. The molecule has 1 rings (SSSR count). The number of carbonyl (C=O) groups excluding carboxylic acids is 1. The van der Waals surface area contributed by atoms with Gasteiger partial charge in [-0.15, -0.1) is 11.8 Å². The second-order valence-electron chi connectivity index (χ2n) is 4.24. The van der Waals surface area contributed by atoms with Crippen molar-refractivity contribution in [3.05, 3.63) is 23.9 Å². The molecule has 0 aromatic carbocycles. The molecule has 104 valence electrons. The van der Waals surface area contributed by atoms with Crippen LogP contribution in [0.3, 0.4) is 0 Å². The molecule has 1 heterocycles. The van der Waals surface area contributed by atoms with E-state index in [0.29, 0.717) is 17.0 Å². The monoisotopic (exact) mass is 282 g/mol. The third-order valence-corrected chi connectivity index (χ3v) is 3.69. The Bertz CT molecular complexity index is 465. The van der Waals surface area contributed by atoms with Gasteiger partial charge in [0.15, 0.2) is 0 Å². The predicted molar refractivity (Wildman–Crippen MR) is 74.4 cm³/mol. The van der Waals surface area contributed by atoms with Gasteiger partial charge in [-0.1, -0.05) is 20.3 Å². The Balaban J connectivity index is 2.91. The Labute approximate surface area is 116 Å². The highest BCUT2D eigenvalue weighted by molar-refractivity contribution is 7.98. The minimum atomic E-state index is -1.02. The fourth-order valence-electron chi connectivity index (χ4n) is 1.63. The molecule has 0 saturated carbocycles. The van der Waals surface area contributed by atoms with Crippen molar-refractivity contribution < 1.29 is 14.7 Å². The normalized spacial score (nSPS) is 13.6. The third-order valence-electron chi connectivity index (χ3n) is 2.97. The highest BCUT2D eigenvalue weighted by Crippen LogP contribution is 2.17. The number of pyridine rings is 1. The molecule has 6 heteroatoms. The van der Waals surface area contributed by atoms with Crippen molar-refractivity contribution in [1.82, 2.24) is 10.3 Å². The van der Waals surface area contributed by atoms with E-state index in [0.717, 1.165) is 0 Å². The number of thioether (sulfide) groups is 1. The summed E-state index contributed by atoms with van der Waals surface area (Å²) in [6, 6.07) is 2.42. The second-order valence-corrected chi connectivity index (χ2v) is 5.03. The van der Waals surface area contributed by atoms with Crippen molar-refractivity contribution in [2.24, 2.45) is 5.92 Å². The van der Waals surface area contributed by atoms with Crippen molar-refractivity contribution in [2.75, 3.05) is 6.26 Å². The molecule has 0 unspecified atom stereocenters. The largest absolute Gasteiger partial charge is 0.480 e. The Morgan fingerprint density at radius 1 is 1.53 bits per heavy atom. The van der Waals surface area contributed by atoms with Crippen molar-refractivity contribution >= 4 is 23.6 Å². The van der Waals surface area contributed by atoms with Crippen molar-refractivity contribution in [3.8, 4) is 0 Å². The van der Waals surface area contributed by atoms with E-state index in [1.54, 1.807) is 25.3 Å². The number of aromatic nitrogens is 1. The van der Waals surface area contributed by atoms with E-state index in [4.69, 9.17) is 5.11 Å². The van der Waals surface area contributed by atoms with Gasteiger partial charge in [0.2, 0.25) is 0 Å². The minimum absolute atomic E-state index is 0.129. The summed E-state index contributed by atoms with van der Waals surface area (Å²) in [4.78, 5) is 27.4. The lowest BCUT2D eigenvalue weighted by Gasteiger charge is -2.20. The zero-order chi connectivity index (χ0) is 14.4. The van der Waals surface area contributed by atoms with Crippen LogP contribution in [0.25, 0.3) is 0 Å². The standard InChI is InChI=1S/C13H18N2O3S/c1-4-8(2)10(13(17)18)15-11(16)9-6-5-7-14-12(9)19-3/h5-8,10H,4H2,1-3H3,(H,15,16)(H,17,18)/t8-,10-/m0/s1. The van der Waals surface area contributed by atoms with E-state index >= 15 is 0 Å². The van der Waals surface area contributed by atoms with Crippen molar-refractivity contribution in [2.45, 2.75) is 31.3 Å². The first-order valence-electron chi connectivity index (χ1n) is 6.03. The summed E-state index contributed by atoms with van der Waals surface area (Å²) in [5, 5.41) is 12.3. The predicted octanol–water partition coefficient (Wildman–Crippen LogP) is 2.03. The lowest BCUT2D eigenvalue weighted by molar-refractivity contribution is -0.140. The molecule has 0 bridgehead atoms. The molecule has 2 atom stereocenters. The average Bonchev–Trinajstić information content (AvgIpc) is 2.43. The van der Waals surface area contributed by atoms with Crippen LogP contribution in [0.15, 0.2) is 23.4 Å². The number of hydrogen-bond acceptors (Lipinski definition) is 4. The van der Waals surface area contributed by atoms with Gasteiger partial charge in [0.05, 0.1) is 5.56 Å². The molecule has 1 aromatic heterocycles. The van der Waals surface area contributed by atoms with Crippen LogP contribution in [0.5, 0.6) is 0 Å². The van der Waals surface area contributed by atoms with Crippen LogP contribution in [-0.4, -0.2) is 34.3 Å². The van der Waals surface area contributed by atoms with E-state index in [1.165, 1.54) is 11.8 Å². The molecule has 2 N–H and O–H groups in total. The quantitative estimate of drug-likeness (QED) is 0.780. The van der Waals surface area contributed by atoms with Crippen LogP contribution in [0.2, 0.25) is 0 Å². The van der Waals surface area contributed by atoms with E-state index in [2.05, 4.69) is 10.3 Å². The number of nitrogens with one attached hydrogen (secondary N) is 1. The lowest BCUT2D eigenvalue weighted by atomic mass is 9.99. The maximum Gasteiger partial charge on any atom is 0.326 e. The zero-order valence-corrected chi connectivity index (χ0v) is 12.0. The molecular formula is C13H18N2O3S. The smallest absolute Gasteiger partial charge is 0.326 e. The molecule has 5 nitrogen and oxygen atoms in total. The average molecular weight is 282 g/mol.